The number of alkyl halides is 1. The van der Waals surface area contributed by atoms with Crippen molar-refractivity contribution in [3.05, 3.63) is 60.3 Å². The van der Waals surface area contributed by atoms with Gasteiger partial charge < -0.3 is 9.84 Å². The van der Waals surface area contributed by atoms with Gasteiger partial charge in [0.2, 0.25) is 0 Å². The van der Waals surface area contributed by atoms with Crippen LogP contribution in [0.15, 0.2) is 49.1 Å². The van der Waals surface area contributed by atoms with Crippen LogP contribution in [0.1, 0.15) is 36.7 Å². The maximum absolute atomic E-state index is 15.3. The second kappa shape index (κ2) is 11.0. The van der Waals surface area contributed by atoms with Crippen molar-refractivity contribution in [2.24, 2.45) is 11.8 Å². The molecule has 2 aromatic heterocycles. The summed E-state index contributed by atoms with van der Waals surface area (Å²) in [5.41, 5.74) is 1.91. The number of fused-ring (bicyclic) bond motifs is 1. The predicted octanol–water partition coefficient (Wildman–Crippen LogP) is 3.90. The molecule has 0 spiro atoms. The Labute approximate surface area is 198 Å². The fourth-order valence-corrected chi connectivity index (χ4v) is 4.51. The van der Waals surface area contributed by atoms with Crippen molar-refractivity contribution in [2.75, 3.05) is 26.7 Å². The van der Waals surface area contributed by atoms with Crippen molar-refractivity contribution >= 4 is 16.9 Å². The van der Waals surface area contributed by atoms with Gasteiger partial charge in [0, 0.05) is 24.3 Å². The summed E-state index contributed by atoms with van der Waals surface area (Å²) >= 11 is 0. The molecule has 34 heavy (non-hydrogen) atoms. The number of hydrogen-bond acceptors (Lipinski definition) is 6. The third-order valence-corrected chi connectivity index (χ3v) is 6.37. The number of carboxylic acids is 1. The summed E-state index contributed by atoms with van der Waals surface area (Å²) in [5, 5.41) is 10.5. The zero-order valence-electron chi connectivity index (χ0n) is 19.0. The fourth-order valence-electron chi connectivity index (χ4n) is 4.51. The number of rotatable bonds is 7. The number of piperidine rings is 1. The molecule has 1 aromatic carbocycles. The number of aromatic nitrogens is 3. The summed E-state index contributed by atoms with van der Waals surface area (Å²) in [7, 11) is 1.57. The maximum Gasteiger partial charge on any atom is 0.308 e. The molecular weight excluding hydrogens is 435 g/mol. The SMILES string of the molecule is COc1ccc2nccc([C@H](F)CC[C@@H]3CCN(CC#Cc4ccncn4)C[C@@H]3C(=O)O)c2c1. The van der Waals surface area contributed by atoms with E-state index in [4.69, 9.17) is 4.74 Å². The number of ether oxygens (including phenoxy) is 1. The third-order valence-electron chi connectivity index (χ3n) is 6.37. The minimum atomic E-state index is -1.20. The first-order chi connectivity index (χ1) is 16.5. The average Bonchev–Trinajstić information content (AvgIpc) is 2.87. The molecule has 1 saturated heterocycles. The first kappa shape index (κ1) is 23.6. The zero-order valence-corrected chi connectivity index (χ0v) is 19.0. The van der Waals surface area contributed by atoms with Crippen LogP contribution in [0.3, 0.4) is 0 Å². The Kier molecular flexibility index (Phi) is 7.65. The Bertz CT molecular complexity index is 1190. The normalized spacial score (nSPS) is 19.2. The molecule has 0 saturated carbocycles. The van der Waals surface area contributed by atoms with Gasteiger partial charge in [-0.3, -0.25) is 14.7 Å². The molecule has 3 atom stereocenters. The van der Waals surface area contributed by atoms with Gasteiger partial charge in [0.1, 0.15) is 23.9 Å². The summed E-state index contributed by atoms with van der Waals surface area (Å²) in [5.74, 6) is 5.22. The number of methoxy groups -OCH3 is 1. The van der Waals surface area contributed by atoms with E-state index in [-0.39, 0.29) is 12.3 Å². The lowest BCUT2D eigenvalue weighted by atomic mass is 9.81. The summed E-state index contributed by atoms with van der Waals surface area (Å²) < 4.78 is 20.6. The van der Waals surface area contributed by atoms with Gasteiger partial charge >= 0.3 is 5.97 Å². The first-order valence-corrected chi connectivity index (χ1v) is 11.3. The van der Waals surface area contributed by atoms with Crippen LogP contribution in [0, 0.1) is 23.7 Å². The number of benzene rings is 1. The summed E-state index contributed by atoms with van der Waals surface area (Å²) in [4.78, 5) is 26.3. The van der Waals surface area contributed by atoms with Crippen LogP contribution in [0.4, 0.5) is 4.39 Å². The predicted molar refractivity (Wildman–Crippen MR) is 126 cm³/mol. The van der Waals surface area contributed by atoms with Crippen LogP contribution >= 0.6 is 0 Å². The highest BCUT2D eigenvalue weighted by molar-refractivity contribution is 5.83. The van der Waals surface area contributed by atoms with Gasteiger partial charge in [-0.05, 0) is 73.5 Å². The molecule has 176 valence electrons. The topological polar surface area (TPSA) is 88.4 Å². The van der Waals surface area contributed by atoms with Crippen molar-refractivity contribution in [3.63, 3.8) is 0 Å². The summed E-state index contributed by atoms with van der Waals surface area (Å²) in [6.45, 7) is 1.61. The third kappa shape index (κ3) is 5.67. The first-order valence-electron chi connectivity index (χ1n) is 11.3. The molecule has 0 unspecified atom stereocenters. The lowest BCUT2D eigenvalue weighted by Gasteiger charge is -2.35. The molecule has 1 fully saturated rings. The highest BCUT2D eigenvalue weighted by Gasteiger charge is 2.34. The van der Waals surface area contributed by atoms with E-state index < -0.39 is 18.1 Å². The Morgan fingerprint density at radius 1 is 1.29 bits per heavy atom. The number of carbonyl (C=O) groups is 1. The van der Waals surface area contributed by atoms with Gasteiger partial charge in [0.25, 0.3) is 0 Å². The molecule has 0 aliphatic carbocycles. The number of likely N-dealkylation sites (tertiary alicyclic amines) is 1. The van der Waals surface area contributed by atoms with Crippen molar-refractivity contribution in [3.8, 4) is 17.6 Å². The lowest BCUT2D eigenvalue weighted by Crippen LogP contribution is -2.44. The second-order valence-corrected chi connectivity index (χ2v) is 8.45. The van der Waals surface area contributed by atoms with E-state index in [1.165, 1.54) is 6.33 Å². The van der Waals surface area contributed by atoms with Gasteiger partial charge in [0.15, 0.2) is 0 Å². The van der Waals surface area contributed by atoms with Crippen LogP contribution in [-0.2, 0) is 4.79 Å². The number of nitrogens with zero attached hydrogens (tertiary/aromatic N) is 4. The Morgan fingerprint density at radius 3 is 2.94 bits per heavy atom. The molecular formula is C26H27FN4O3. The van der Waals surface area contributed by atoms with Gasteiger partial charge in [-0.2, -0.15) is 0 Å². The molecule has 0 radical (unpaired) electrons. The van der Waals surface area contributed by atoms with E-state index in [0.29, 0.717) is 48.5 Å². The minimum absolute atomic E-state index is 0.0792. The fraction of sp³-hybridized carbons (Fsp3) is 0.385. The van der Waals surface area contributed by atoms with Crippen LogP contribution < -0.4 is 4.74 Å². The maximum atomic E-state index is 15.3. The zero-order chi connectivity index (χ0) is 23.9. The van der Waals surface area contributed by atoms with E-state index in [1.807, 2.05) is 11.0 Å². The molecule has 4 rings (SSSR count). The highest BCUT2D eigenvalue weighted by atomic mass is 19.1. The number of carboxylic acid groups (broad SMARTS) is 1. The van der Waals surface area contributed by atoms with Crippen molar-refractivity contribution in [1.29, 1.82) is 0 Å². The Morgan fingerprint density at radius 2 is 2.18 bits per heavy atom. The van der Waals surface area contributed by atoms with E-state index in [0.717, 1.165) is 11.9 Å². The van der Waals surface area contributed by atoms with Crippen molar-refractivity contribution in [1.82, 2.24) is 19.9 Å². The molecule has 7 nitrogen and oxygen atoms in total. The molecule has 8 heteroatoms. The molecule has 3 aromatic rings. The second-order valence-electron chi connectivity index (χ2n) is 8.45. The smallest absolute Gasteiger partial charge is 0.308 e. The number of aliphatic carboxylic acids is 1. The number of pyridine rings is 1. The van der Waals surface area contributed by atoms with Gasteiger partial charge in [-0.1, -0.05) is 5.92 Å². The van der Waals surface area contributed by atoms with Crippen LogP contribution in [0.25, 0.3) is 10.9 Å². The molecule has 1 aliphatic heterocycles. The summed E-state index contributed by atoms with van der Waals surface area (Å²) in [6.07, 6.45) is 4.95. The van der Waals surface area contributed by atoms with Crippen LogP contribution in [-0.4, -0.2) is 57.7 Å². The standard InChI is InChI=1S/C26H27FN4O3/c1-34-20-5-7-25-22(15-20)21(9-12-29-25)24(27)6-4-18-10-14-31(16-23(18)26(32)33)13-2-3-19-8-11-28-17-30-19/h5,7-9,11-12,15,17-18,23-24H,4,6,10,13-14,16H2,1H3,(H,32,33)/t18-,23+,24-/m1/s1. The molecule has 0 bridgehead atoms. The van der Waals surface area contributed by atoms with E-state index in [9.17, 15) is 9.90 Å². The largest absolute Gasteiger partial charge is 0.497 e. The summed E-state index contributed by atoms with van der Waals surface area (Å²) in [6, 6.07) is 8.84. The van der Waals surface area contributed by atoms with E-state index >= 15 is 4.39 Å². The van der Waals surface area contributed by atoms with Crippen molar-refractivity contribution in [2.45, 2.75) is 25.4 Å². The molecule has 1 N–H and O–H groups in total. The number of hydrogen-bond donors (Lipinski definition) is 1. The van der Waals surface area contributed by atoms with E-state index in [1.54, 1.807) is 43.8 Å². The number of halogens is 1. The molecule has 1 aliphatic rings. The Hall–Kier alpha value is -3.57. The highest BCUT2D eigenvalue weighted by Crippen LogP contribution is 2.35. The van der Waals surface area contributed by atoms with Crippen LogP contribution in [0.5, 0.6) is 5.75 Å². The quantitative estimate of drug-likeness (QED) is 0.533. The monoisotopic (exact) mass is 462 g/mol. The van der Waals surface area contributed by atoms with Crippen LogP contribution in [0.2, 0.25) is 0 Å². The van der Waals surface area contributed by atoms with Gasteiger partial charge in [-0.15, -0.1) is 0 Å². The Balaban J connectivity index is 1.38. The van der Waals surface area contributed by atoms with Gasteiger partial charge in [-0.25, -0.2) is 14.4 Å². The average molecular weight is 463 g/mol. The van der Waals surface area contributed by atoms with Gasteiger partial charge in [0.05, 0.1) is 25.1 Å². The lowest BCUT2D eigenvalue weighted by molar-refractivity contribution is -0.146. The van der Waals surface area contributed by atoms with Crippen molar-refractivity contribution < 1.29 is 19.0 Å². The minimum Gasteiger partial charge on any atom is -0.497 e. The molecule has 0 amide bonds. The van der Waals surface area contributed by atoms with E-state index in [2.05, 4.69) is 26.8 Å². The molecule has 3 heterocycles.